The summed E-state index contributed by atoms with van der Waals surface area (Å²) in [6.45, 7) is 6.14. The monoisotopic (exact) mass is 231 g/mol. The molecule has 0 N–H and O–H groups in total. The summed E-state index contributed by atoms with van der Waals surface area (Å²) in [5.41, 5.74) is 2.98. The van der Waals surface area contributed by atoms with Crippen molar-refractivity contribution in [3.05, 3.63) is 42.3 Å². The van der Waals surface area contributed by atoms with Gasteiger partial charge in [0.15, 0.2) is 0 Å². The molecule has 0 atom stereocenters. The zero-order valence-electron chi connectivity index (χ0n) is 11.4. The molecule has 1 radical (unpaired) electrons. The van der Waals surface area contributed by atoms with E-state index in [4.69, 9.17) is 0 Å². The Morgan fingerprint density at radius 3 is 1.76 bits per heavy atom. The SMILES string of the molecule is [CH2]CCCCc1ccc(CCCCCC)cc1. The Kier molecular flexibility index (Phi) is 7.79. The second-order valence-electron chi connectivity index (χ2n) is 4.94. The lowest BCUT2D eigenvalue weighted by Gasteiger charge is -2.04. The molecule has 0 aliphatic carbocycles. The average Bonchev–Trinajstić information content (AvgIpc) is 2.37. The van der Waals surface area contributed by atoms with Gasteiger partial charge in [-0.05, 0) is 36.8 Å². The topological polar surface area (TPSA) is 0 Å². The van der Waals surface area contributed by atoms with Gasteiger partial charge < -0.3 is 0 Å². The number of hydrogen-bond acceptors (Lipinski definition) is 0. The number of rotatable bonds is 9. The lowest BCUT2D eigenvalue weighted by molar-refractivity contribution is 0.666. The van der Waals surface area contributed by atoms with Crippen molar-refractivity contribution in [3.63, 3.8) is 0 Å². The van der Waals surface area contributed by atoms with E-state index in [1.54, 1.807) is 0 Å². The molecular weight excluding hydrogens is 204 g/mol. The summed E-state index contributed by atoms with van der Waals surface area (Å²) in [6.07, 6.45) is 11.5. The van der Waals surface area contributed by atoms with Crippen LogP contribution in [-0.2, 0) is 12.8 Å². The van der Waals surface area contributed by atoms with Crippen LogP contribution in [0.15, 0.2) is 24.3 Å². The van der Waals surface area contributed by atoms with Crippen molar-refractivity contribution in [1.82, 2.24) is 0 Å². The third-order valence-electron chi connectivity index (χ3n) is 3.31. The molecule has 0 aliphatic heterocycles. The Morgan fingerprint density at radius 2 is 1.29 bits per heavy atom. The number of aryl methyl sites for hydroxylation is 2. The van der Waals surface area contributed by atoms with E-state index in [-0.39, 0.29) is 0 Å². The first kappa shape index (κ1) is 14.3. The second kappa shape index (κ2) is 9.27. The van der Waals surface area contributed by atoms with E-state index in [0.717, 1.165) is 6.42 Å². The van der Waals surface area contributed by atoms with Crippen molar-refractivity contribution in [2.75, 3.05) is 0 Å². The molecule has 0 heterocycles. The summed E-state index contributed by atoms with van der Waals surface area (Å²) in [7, 11) is 0. The molecule has 0 bridgehead atoms. The maximum Gasteiger partial charge on any atom is -0.0279 e. The molecule has 0 amide bonds. The van der Waals surface area contributed by atoms with Crippen LogP contribution >= 0.6 is 0 Å². The van der Waals surface area contributed by atoms with Gasteiger partial charge in [0, 0.05) is 0 Å². The Balaban J connectivity index is 2.24. The number of hydrogen-bond donors (Lipinski definition) is 0. The largest absolute Gasteiger partial charge is 0.0654 e. The average molecular weight is 231 g/mol. The lowest BCUT2D eigenvalue weighted by atomic mass is 10.0. The molecule has 0 unspecified atom stereocenters. The summed E-state index contributed by atoms with van der Waals surface area (Å²) < 4.78 is 0. The molecule has 0 aromatic heterocycles. The Morgan fingerprint density at radius 1 is 0.765 bits per heavy atom. The van der Waals surface area contributed by atoms with Gasteiger partial charge in [-0.3, -0.25) is 0 Å². The summed E-state index contributed by atoms with van der Waals surface area (Å²) >= 11 is 0. The Bertz CT molecular complexity index is 271. The fraction of sp³-hybridized carbons (Fsp3) is 0.588. The van der Waals surface area contributed by atoms with Crippen LogP contribution in [0.25, 0.3) is 0 Å². The van der Waals surface area contributed by atoms with Crippen LogP contribution in [0.3, 0.4) is 0 Å². The quantitative estimate of drug-likeness (QED) is 0.502. The maximum atomic E-state index is 3.88. The van der Waals surface area contributed by atoms with Crippen molar-refractivity contribution in [3.8, 4) is 0 Å². The van der Waals surface area contributed by atoms with E-state index >= 15 is 0 Å². The van der Waals surface area contributed by atoms with Crippen LogP contribution in [0.2, 0.25) is 0 Å². The first-order chi connectivity index (χ1) is 8.36. The minimum atomic E-state index is 1.06. The van der Waals surface area contributed by atoms with Gasteiger partial charge in [0.2, 0.25) is 0 Å². The zero-order valence-corrected chi connectivity index (χ0v) is 11.4. The highest BCUT2D eigenvalue weighted by Gasteiger charge is 1.96. The van der Waals surface area contributed by atoms with Gasteiger partial charge in [-0.15, -0.1) is 0 Å². The first-order valence-electron chi connectivity index (χ1n) is 7.24. The lowest BCUT2D eigenvalue weighted by Crippen LogP contribution is -1.89. The van der Waals surface area contributed by atoms with Crippen LogP contribution < -0.4 is 0 Å². The minimum Gasteiger partial charge on any atom is -0.0654 e. The standard InChI is InChI=1S/C17H27/c1-3-5-7-9-11-17-14-12-16(13-15-17)10-8-6-4-2/h12-15H,2-11H2,1H3. The molecule has 0 saturated carbocycles. The summed E-state index contributed by atoms with van der Waals surface area (Å²) in [6, 6.07) is 9.23. The van der Waals surface area contributed by atoms with Crippen LogP contribution in [0.5, 0.6) is 0 Å². The predicted octanol–water partition coefficient (Wildman–Crippen LogP) is 5.36. The molecule has 1 rings (SSSR count). The van der Waals surface area contributed by atoms with Gasteiger partial charge in [0.05, 0.1) is 0 Å². The van der Waals surface area contributed by atoms with Crippen molar-refractivity contribution in [2.45, 2.75) is 64.7 Å². The molecular formula is C17H27. The molecule has 0 spiro atoms. The van der Waals surface area contributed by atoms with E-state index in [2.05, 4.69) is 38.1 Å². The molecule has 1 aromatic rings. The molecule has 1 aromatic carbocycles. The Labute approximate surface area is 107 Å². The summed E-state index contributed by atoms with van der Waals surface area (Å²) in [5.74, 6) is 0. The first-order valence-corrected chi connectivity index (χ1v) is 7.24. The second-order valence-corrected chi connectivity index (χ2v) is 4.94. The van der Waals surface area contributed by atoms with Crippen LogP contribution in [0.1, 0.15) is 63.0 Å². The van der Waals surface area contributed by atoms with Gasteiger partial charge in [-0.2, -0.15) is 0 Å². The third kappa shape index (κ3) is 6.51. The molecule has 95 valence electrons. The minimum absolute atomic E-state index is 1.06. The van der Waals surface area contributed by atoms with Crippen molar-refractivity contribution >= 4 is 0 Å². The molecule has 0 saturated heterocycles. The van der Waals surface area contributed by atoms with E-state index in [9.17, 15) is 0 Å². The van der Waals surface area contributed by atoms with E-state index in [0.29, 0.717) is 0 Å². The van der Waals surface area contributed by atoms with Gasteiger partial charge >= 0.3 is 0 Å². The van der Waals surface area contributed by atoms with Crippen LogP contribution in [0.4, 0.5) is 0 Å². The van der Waals surface area contributed by atoms with Gasteiger partial charge in [0.25, 0.3) is 0 Å². The number of benzene rings is 1. The smallest absolute Gasteiger partial charge is 0.0279 e. The molecule has 17 heavy (non-hydrogen) atoms. The van der Waals surface area contributed by atoms with E-state index in [1.165, 1.54) is 62.5 Å². The highest BCUT2D eigenvalue weighted by Crippen LogP contribution is 2.11. The zero-order chi connectivity index (χ0) is 12.3. The normalized spacial score (nSPS) is 10.7. The van der Waals surface area contributed by atoms with Crippen molar-refractivity contribution in [2.24, 2.45) is 0 Å². The highest BCUT2D eigenvalue weighted by atomic mass is 14.0. The third-order valence-corrected chi connectivity index (χ3v) is 3.31. The maximum absolute atomic E-state index is 3.88. The van der Waals surface area contributed by atoms with Crippen molar-refractivity contribution < 1.29 is 0 Å². The summed E-state index contributed by atoms with van der Waals surface area (Å²) in [4.78, 5) is 0. The Hall–Kier alpha value is -0.780. The van der Waals surface area contributed by atoms with Gasteiger partial charge in [0.1, 0.15) is 0 Å². The predicted molar refractivity (Wildman–Crippen MR) is 77.2 cm³/mol. The van der Waals surface area contributed by atoms with Crippen LogP contribution in [0, 0.1) is 6.92 Å². The molecule has 0 fully saturated rings. The number of unbranched alkanes of at least 4 members (excludes halogenated alkanes) is 5. The van der Waals surface area contributed by atoms with Crippen LogP contribution in [-0.4, -0.2) is 0 Å². The van der Waals surface area contributed by atoms with Gasteiger partial charge in [-0.25, -0.2) is 0 Å². The van der Waals surface area contributed by atoms with E-state index < -0.39 is 0 Å². The molecule has 0 heteroatoms. The summed E-state index contributed by atoms with van der Waals surface area (Å²) in [5, 5.41) is 0. The fourth-order valence-electron chi connectivity index (χ4n) is 2.13. The van der Waals surface area contributed by atoms with Crippen molar-refractivity contribution in [1.29, 1.82) is 0 Å². The van der Waals surface area contributed by atoms with E-state index in [1.807, 2.05) is 0 Å². The molecule has 0 nitrogen and oxygen atoms in total. The fourth-order valence-corrected chi connectivity index (χ4v) is 2.13. The highest BCUT2D eigenvalue weighted by molar-refractivity contribution is 5.22. The van der Waals surface area contributed by atoms with Gasteiger partial charge in [-0.1, -0.05) is 70.2 Å². The molecule has 0 aliphatic rings.